The summed E-state index contributed by atoms with van der Waals surface area (Å²) in [5.74, 6) is 1.04. The summed E-state index contributed by atoms with van der Waals surface area (Å²) in [6.07, 6.45) is 2.19. The number of anilines is 1. The average molecular weight is 367 g/mol. The largest absolute Gasteiger partial charge is 0.490 e. The third-order valence-corrected chi connectivity index (χ3v) is 5.95. The van der Waals surface area contributed by atoms with Gasteiger partial charge >= 0.3 is 0 Å². The van der Waals surface area contributed by atoms with Crippen molar-refractivity contribution in [2.45, 2.75) is 39.7 Å². The summed E-state index contributed by atoms with van der Waals surface area (Å²) in [4.78, 5) is 6.58. The number of rotatable bonds is 3. The monoisotopic (exact) mass is 367 g/mol. The summed E-state index contributed by atoms with van der Waals surface area (Å²) in [7, 11) is 0. The molecule has 0 unspecified atom stereocenters. The SMILES string of the molecule is Cc1cc(C)c(OC2CCN(c3ccc([O])c4ncsc34)CC2)c(C)c1. The minimum atomic E-state index is 0.00791. The van der Waals surface area contributed by atoms with E-state index in [0.717, 1.165) is 42.1 Å². The number of benzene rings is 2. The van der Waals surface area contributed by atoms with Gasteiger partial charge in [0.1, 0.15) is 17.4 Å². The Hall–Kier alpha value is -2.27. The van der Waals surface area contributed by atoms with E-state index in [0.29, 0.717) is 5.52 Å². The van der Waals surface area contributed by atoms with Crippen molar-refractivity contribution in [1.29, 1.82) is 0 Å². The maximum absolute atomic E-state index is 11.9. The number of fused-ring (bicyclic) bond motifs is 1. The number of ether oxygens (including phenoxy) is 1. The number of aryl methyl sites for hydroxylation is 3. The third kappa shape index (κ3) is 3.12. The topological polar surface area (TPSA) is 45.3 Å². The molecule has 135 valence electrons. The van der Waals surface area contributed by atoms with Crippen LogP contribution in [-0.2, 0) is 5.11 Å². The molecule has 1 aromatic heterocycles. The van der Waals surface area contributed by atoms with Crippen LogP contribution in [0.3, 0.4) is 0 Å². The van der Waals surface area contributed by atoms with Crippen molar-refractivity contribution in [2.75, 3.05) is 18.0 Å². The van der Waals surface area contributed by atoms with E-state index in [1.54, 1.807) is 22.9 Å². The molecule has 1 aliphatic rings. The second-order valence-electron chi connectivity index (χ2n) is 7.15. The summed E-state index contributed by atoms with van der Waals surface area (Å²) in [6.45, 7) is 8.22. The Labute approximate surface area is 158 Å². The second kappa shape index (κ2) is 6.80. The standard InChI is InChI=1S/C21H23N2O2S/c1-13-10-14(2)20(15(3)11-13)25-16-6-8-23(9-7-16)17-4-5-18(24)19-21(17)26-12-22-19/h4-5,10-12,16H,6-9H2,1-3H3. The van der Waals surface area contributed by atoms with Crippen molar-refractivity contribution < 1.29 is 9.84 Å². The van der Waals surface area contributed by atoms with Gasteiger partial charge in [0.15, 0.2) is 0 Å². The number of aromatic nitrogens is 1. The molecule has 2 aromatic carbocycles. The van der Waals surface area contributed by atoms with E-state index < -0.39 is 0 Å². The fourth-order valence-corrected chi connectivity index (χ4v) is 4.74. The van der Waals surface area contributed by atoms with Crippen LogP contribution < -0.4 is 9.64 Å². The quantitative estimate of drug-likeness (QED) is 0.621. The zero-order valence-electron chi connectivity index (χ0n) is 15.4. The lowest BCUT2D eigenvalue weighted by molar-refractivity contribution is 0.169. The van der Waals surface area contributed by atoms with E-state index in [1.807, 2.05) is 6.07 Å². The number of hydrogen-bond acceptors (Lipinski definition) is 4. The Balaban J connectivity index is 1.48. The lowest BCUT2D eigenvalue weighted by Crippen LogP contribution is -2.38. The van der Waals surface area contributed by atoms with Gasteiger partial charge in [0.2, 0.25) is 5.75 Å². The van der Waals surface area contributed by atoms with Gasteiger partial charge in [0.25, 0.3) is 0 Å². The maximum atomic E-state index is 11.9. The van der Waals surface area contributed by atoms with Gasteiger partial charge in [-0.1, -0.05) is 17.7 Å². The summed E-state index contributed by atoms with van der Waals surface area (Å²) >= 11 is 1.55. The first-order valence-corrected chi connectivity index (χ1v) is 9.93. The van der Waals surface area contributed by atoms with Crippen LogP contribution in [0.5, 0.6) is 11.5 Å². The fourth-order valence-electron chi connectivity index (χ4n) is 3.90. The van der Waals surface area contributed by atoms with Gasteiger partial charge in [0.05, 0.1) is 15.9 Å². The van der Waals surface area contributed by atoms with Crippen LogP contribution >= 0.6 is 11.3 Å². The summed E-state index contributed by atoms with van der Waals surface area (Å²) < 4.78 is 7.36. The van der Waals surface area contributed by atoms with Gasteiger partial charge in [-0.3, -0.25) is 5.11 Å². The third-order valence-electron chi connectivity index (χ3n) is 5.10. The molecule has 2 heterocycles. The van der Waals surface area contributed by atoms with Crippen LogP contribution in [-0.4, -0.2) is 24.2 Å². The van der Waals surface area contributed by atoms with E-state index in [2.05, 4.69) is 42.8 Å². The first-order valence-electron chi connectivity index (χ1n) is 9.05. The van der Waals surface area contributed by atoms with E-state index >= 15 is 0 Å². The molecule has 4 rings (SSSR count). The molecule has 0 aliphatic carbocycles. The molecule has 1 saturated heterocycles. The predicted octanol–water partition coefficient (Wildman–Crippen LogP) is 5.41. The van der Waals surface area contributed by atoms with Crippen LogP contribution in [0.2, 0.25) is 0 Å². The molecule has 0 saturated carbocycles. The normalized spacial score (nSPS) is 15.6. The molecular weight excluding hydrogens is 344 g/mol. The van der Waals surface area contributed by atoms with Gasteiger partial charge in [-0.15, -0.1) is 11.3 Å². The van der Waals surface area contributed by atoms with Crippen molar-refractivity contribution in [2.24, 2.45) is 0 Å². The highest BCUT2D eigenvalue weighted by atomic mass is 32.1. The number of piperidine rings is 1. The summed E-state index contributed by atoms with van der Waals surface area (Å²) in [5, 5.41) is 11.9. The Kier molecular flexibility index (Phi) is 4.49. The molecule has 1 fully saturated rings. The number of hydrogen-bond donors (Lipinski definition) is 0. The molecule has 3 aromatic rings. The first-order chi connectivity index (χ1) is 12.5. The molecule has 0 bridgehead atoms. The molecule has 26 heavy (non-hydrogen) atoms. The van der Waals surface area contributed by atoms with Crippen LogP contribution in [0.15, 0.2) is 29.8 Å². The highest BCUT2D eigenvalue weighted by Crippen LogP contribution is 2.37. The second-order valence-corrected chi connectivity index (χ2v) is 8.00. The number of nitrogens with zero attached hydrogens (tertiary/aromatic N) is 2. The zero-order chi connectivity index (χ0) is 18.3. The van der Waals surface area contributed by atoms with Gasteiger partial charge in [0, 0.05) is 25.9 Å². The van der Waals surface area contributed by atoms with Crippen LogP contribution in [0.25, 0.3) is 10.2 Å². The Morgan fingerprint density at radius 1 is 1.12 bits per heavy atom. The lowest BCUT2D eigenvalue weighted by Gasteiger charge is -2.34. The number of thiazole rings is 1. The van der Waals surface area contributed by atoms with Crippen molar-refractivity contribution >= 4 is 27.2 Å². The van der Waals surface area contributed by atoms with E-state index in [-0.39, 0.29) is 11.9 Å². The zero-order valence-corrected chi connectivity index (χ0v) is 16.2. The minimum absolute atomic E-state index is 0.00791. The Bertz CT molecular complexity index is 919. The van der Waals surface area contributed by atoms with Gasteiger partial charge < -0.3 is 9.64 Å². The lowest BCUT2D eigenvalue weighted by atomic mass is 10.0. The molecule has 0 spiro atoms. The van der Waals surface area contributed by atoms with E-state index in [4.69, 9.17) is 4.74 Å². The summed E-state index contributed by atoms with van der Waals surface area (Å²) in [6, 6.07) is 7.95. The smallest absolute Gasteiger partial charge is 0.205 e. The van der Waals surface area contributed by atoms with Gasteiger partial charge in [-0.2, -0.15) is 0 Å². The fraction of sp³-hybridized carbons (Fsp3) is 0.381. The van der Waals surface area contributed by atoms with Crippen molar-refractivity contribution in [3.63, 3.8) is 0 Å². The highest BCUT2D eigenvalue weighted by Gasteiger charge is 2.24. The molecule has 1 aliphatic heterocycles. The molecular formula is C21H23N2O2S. The molecule has 1 radical (unpaired) electrons. The summed E-state index contributed by atoms with van der Waals surface area (Å²) in [5.41, 5.74) is 7.18. The molecule has 0 atom stereocenters. The Morgan fingerprint density at radius 2 is 1.81 bits per heavy atom. The minimum Gasteiger partial charge on any atom is -0.490 e. The Morgan fingerprint density at radius 3 is 2.50 bits per heavy atom. The average Bonchev–Trinajstić information content (AvgIpc) is 3.10. The van der Waals surface area contributed by atoms with E-state index in [1.165, 1.54) is 16.7 Å². The maximum Gasteiger partial charge on any atom is 0.205 e. The molecule has 5 heteroatoms. The van der Waals surface area contributed by atoms with Crippen molar-refractivity contribution in [3.05, 3.63) is 46.5 Å². The predicted molar refractivity (Wildman–Crippen MR) is 106 cm³/mol. The van der Waals surface area contributed by atoms with Crippen LogP contribution in [0, 0.1) is 20.8 Å². The van der Waals surface area contributed by atoms with Crippen molar-refractivity contribution in [3.8, 4) is 11.5 Å². The molecule has 0 N–H and O–H groups in total. The van der Waals surface area contributed by atoms with Gasteiger partial charge in [-0.05, 0) is 44.0 Å². The molecule has 0 amide bonds. The van der Waals surface area contributed by atoms with E-state index in [9.17, 15) is 5.11 Å². The highest BCUT2D eigenvalue weighted by molar-refractivity contribution is 7.17. The van der Waals surface area contributed by atoms with Crippen molar-refractivity contribution in [1.82, 2.24) is 4.98 Å². The van der Waals surface area contributed by atoms with Crippen LogP contribution in [0.1, 0.15) is 29.5 Å². The van der Waals surface area contributed by atoms with Gasteiger partial charge in [-0.25, -0.2) is 4.98 Å². The first kappa shape index (κ1) is 17.2. The van der Waals surface area contributed by atoms with Crippen LogP contribution in [0.4, 0.5) is 5.69 Å². The molecule has 4 nitrogen and oxygen atoms in total.